The van der Waals surface area contributed by atoms with E-state index in [0.29, 0.717) is 11.5 Å². The van der Waals surface area contributed by atoms with Gasteiger partial charge in [0.1, 0.15) is 0 Å². The largest absolute Gasteiger partial charge is 0.478 e. The van der Waals surface area contributed by atoms with Gasteiger partial charge in [-0.15, -0.1) is 0 Å². The van der Waals surface area contributed by atoms with Gasteiger partial charge in [-0.1, -0.05) is 0 Å². The average Bonchev–Trinajstić information content (AvgIpc) is 2.41. The third-order valence-electron chi connectivity index (χ3n) is 2.81. The zero-order chi connectivity index (χ0) is 14.7. The fraction of sp³-hybridized carbons (Fsp3) is 0.143. The molecule has 0 amide bonds. The normalized spacial score (nSPS) is 10.1. The molecule has 6 nitrogen and oxygen atoms in total. The Morgan fingerprint density at radius 1 is 1.30 bits per heavy atom. The first-order valence-electron chi connectivity index (χ1n) is 6.00. The fourth-order valence-electron chi connectivity index (χ4n) is 1.68. The molecule has 0 aliphatic carbocycles. The summed E-state index contributed by atoms with van der Waals surface area (Å²) in [4.78, 5) is 16.8. The highest BCUT2D eigenvalue weighted by Gasteiger charge is 2.08. The number of aromatic carboxylic acids is 1. The Morgan fingerprint density at radius 3 is 2.45 bits per heavy atom. The number of hydrogen-bond donors (Lipinski definition) is 3. The van der Waals surface area contributed by atoms with Crippen molar-refractivity contribution in [3.8, 4) is 0 Å². The van der Waals surface area contributed by atoms with Crippen molar-refractivity contribution in [3.63, 3.8) is 0 Å². The predicted octanol–water partition coefficient (Wildman–Crippen LogP) is 2.17. The molecule has 0 bridgehead atoms. The molecule has 0 aliphatic rings. The molecule has 0 spiro atoms. The Hall–Kier alpha value is -2.76. The van der Waals surface area contributed by atoms with Crippen molar-refractivity contribution in [3.05, 3.63) is 42.1 Å². The van der Waals surface area contributed by atoms with Crippen LogP contribution in [0.4, 0.5) is 22.9 Å². The van der Waals surface area contributed by atoms with Crippen molar-refractivity contribution < 1.29 is 9.90 Å². The van der Waals surface area contributed by atoms with Gasteiger partial charge in [-0.25, -0.2) is 9.78 Å². The molecule has 6 heteroatoms. The van der Waals surface area contributed by atoms with E-state index in [2.05, 4.69) is 10.3 Å². The van der Waals surface area contributed by atoms with Gasteiger partial charge in [0.05, 0.1) is 11.3 Å². The van der Waals surface area contributed by atoms with Crippen LogP contribution in [0.2, 0.25) is 0 Å². The summed E-state index contributed by atoms with van der Waals surface area (Å²) < 4.78 is 0. The third-order valence-corrected chi connectivity index (χ3v) is 2.81. The van der Waals surface area contributed by atoms with Gasteiger partial charge in [0.15, 0.2) is 5.82 Å². The summed E-state index contributed by atoms with van der Waals surface area (Å²) in [6, 6.07) is 9.11. The SMILES string of the molecule is CN(C)c1ccc(Nc2ncc(C(=O)O)cc2N)cc1. The van der Waals surface area contributed by atoms with Crippen LogP contribution >= 0.6 is 0 Å². The van der Waals surface area contributed by atoms with Crippen LogP contribution in [-0.2, 0) is 0 Å². The van der Waals surface area contributed by atoms with Gasteiger partial charge < -0.3 is 21.1 Å². The summed E-state index contributed by atoms with van der Waals surface area (Å²) >= 11 is 0. The Kier molecular flexibility index (Phi) is 3.74. The van der Waals surface area contributed by atoms with Crippen LogP contribution in [0.25, 0.3) is 0 Å². The maximum atomic E-state index is 10.8. The van der Waals surface area contributed by atoms with Crippen molar-refractivity contribution in [2.24, 2.45) is 0 Å². The molecular weight excluding hydrogens is 256 g/mol. The number of nitrogens with zero attached hydrogens (tertiary/aromatic N) is 2. The first-order valence-corrected chi connectivity index (χ1v) is 6.00. The molecular formula is C14H16N4O2. The number of nitrogens with one attached hydrogen (secondary N) is 1. The molecule has 1 aromatic carbocycles. The molecule has 2 aromatic rings. The highest BCUT2D eigenvalue weighted by molar-refractivity contribution is 5.89. The molecule has 0 saturated carbocycles. The minimum atomic E-state index is -1.05. The zero-order valence-corrected chi connectivity index (χ0v) is 11.3. The number of pyridine rings is 1. The summed E-state index contributed by atoms with van der Waals surface area (Å²) in [6.45, 7) is 0. The van der Waals surface area contributed by atoms with Crippen LogP contribution in [-0.4, -0.2) is 30.2 Å². The standard InChI is InChI=1S/C14H16N4O2/c1-18(2)11-5-3-10(4-6-11)17-13-12(15)7-9(8-16-13)14(19)20/h3-8H,15H2,1-2H3,(H,16,17)(H,19,20). The Bertz CT molecular complexity index is 624. The first-order chi connectivity index (χ1) is 9.47. The quantitative estimate of drug-likeness (QED) is 0.790. The topological polar surface area (TPSA) is 91.5 Å². The second-order valence-electron chi connectivity index (χ2n) is 4.53. The third kappa shape index (κ3) is 2.97. The molecule has 20 heavy (non-hydrogen) atoms. The molecule has 0 atom stereocenters. The number of benzene rings is 1. The van der Waals surface area contributed by atoms with Crippen LogP contribution in [0.15, 0.2) is 36.5 Å². The predicted molar refractivity (Wildman–Crippen MR) is 79.7 cm³/mol. The second-order valence-corrected chi connectivity index (χ2v) is 4.53. The monoisotopic (exact) mass is 272 g/mol. The van der Waals surface area contributed by atoms with Crippen LogP contribution in [0.1, 0.15) is 10.4 Å². The number of carbonyl (C=O) groups is 1. The van der Waals surface area contributed by atoms with Crippen LogP contribution in [0.3, 0.4) is 0 Å². The Morgan fingerprint density at radius 2 is 1.95 bits per heavy atom. The van der Waals surface area contributed by atoms with Gasteiger partial charge in [0.2, 0.25) is 0 Å². The van der Waals surface area contributed by atoms with Gasteiger partial charge in [0, 0.05) is 31.7 Å². The van der Waals surface area contributed by atoms with Gasteiger partial charge in [-0.3, -0.25) is 0 Å². The molecule has 0 unspecified atom stereocenters. The van der Waals surface area contributed by atoms with Crippen molar-refractivity contribution in [2.75, 3.05) is 30.0 Å². The van der Waals surface area contributed by atoms with E-state index in [9.17, 15) is 4.79 Å². The van der Waals surface area contributed by atoms with Gasteiger partial charge in [-0.05, 0) is 30.3 Å². The molecule has 4 N–H and O–H groups in total. The van der Waals surface area contributed by atoms with E-state index in [1.807, 2.05) is 43.3 Å². The maximum absolute atomic E-state index is 10.8. The molecule has 2 rings (SSSR count). The van der Waals surface area contributed by atoms with E-state index in [1.165, 1.54) is 12.3 Å². The van der Waals surface area contributed by atoms with Crippen molar-refractivity contribution >= 4 is 28.8 Å². The summed E-state index contributed by atoms with van der Waals surface area (Å²) in [5, 5.41) is 11.9. The van der Waals surface area contributed by atoms with E-state index in [-0.39, 0.29) is 5.56 Å². The molecule has 104 valence electrons. The molecule has 0 saturated heterocycles. The summed E-state index contributed by atoms with van der Waals surface area (Å²) in [5.41, 5.74) is 8.06. The van der Waals surface area contributed by atoms with Crippen LogP contribution < -0.4 is 16.0 Å². The average molecular weight is 272 g/mol. The van der Waals surface area contributed by atoms with Crippen molar-refractivity contribution in [1.29, 1.82) is 0 Å². The number of nitrogen functional groups attached to an aromatic ring is 1. The van der Waals surface area contributed by atoms with Crippen molar-refractivity contribution in [1.82, 2.24) is 4.98 Å². The number of carboxylic acid groups (broad SMARTS) is 1. The van der Waals surface area contributed by atoms with Crippen LogP contribution in [0.5, 0.6) is 0 Å². The Labute approximate surface area is 116 Å². The second kappa shape index (κ2) is 5.48. The van der Waals surface area contributed by atoms with Gasteiger partial charge >= 0.3 is 5.97 Å². The minimum absolute atomic E-state index is 0.0657. The summed E-state index contributed by atoms with van der Waals surface area (Å²) in [7, 11) is 3.93. The smallest absolute Gasteiger partial charge is 0.337 e. The number of nitrogens with two attached hydrogens (primary N) is 1. The highest BCUT2D eigenvalue weighted by atomic mass is 16.4. The van der Waals surface area contributed by atoms with E-state index < -0.39 is 5.97 Å². The molecule has 0 aliphatic heterocycles. The fourth-order valence-corrected chi connectivity index (χ4v) is 1.68. The Balaban J connectivity index is 2.19. The summed E-state index contributed by atoms with van der Waals surface area (Å²) in [5.74, 6) is -0.612. The molecule has 1 heterocycles. The maximum Gasteiger partial charge on any atom is 0.337 e. The number of anilines is 4. The lowest BCUT2D eigenvalue weighted by Crippen LogP contribution is -2.08. The lowest BCUT2D eigenvalue weighted by atomic mass is 10.2. The lowest BCUT2D eigenvalue weighted by Gasteiger charge is -2.13. The molecule has 1 aromatic heterocycles. The van der Waals surface area contributed by atoms with E-state index in [1.54, 1.807) is 0 Å². The minimum Gasteiger partial charge on any atom is -0.478 e. The number of carboxylic acids is 1. The first kappa shape index (κ1) is 13.7. The molecule has 0 radical (unpaired) electrons. The lowest BCUT2D eigenvalue weighted by molar-refractivity contribution is 0.0696. The zero-order valence-electron chi connectivity index (χ0n) is 11.3. The number of rotatable bonds is 4. The number of aromatic nitrogens is 1. The molecule has 0 fully saturated rings. The highest BCUT2D eigenvalue weighted by Crippen LogP contribution is 2.23. The van der Waals surface area contributed by atoms with Gasteiger partial charge in [-0.2, -0.15) is 0 Å². The van der Waals surface area contributed by atoms with E-state index in [0.717, 1.165) is 11.4 Å². The van der Waals surface area contributed by atoms with E-state index in [4.69, 9.17) is 10.8 Å². The van der Waals surface area contributed by atoms with Crippen LogP contribution in [0, 0.1) is 0 Å². The van der Waals surface area contributed by atoms with E-state index >= 15 is 0 Å². The van der Waals surface area contributed by atoms with Gasteiger partial charge in [0.25, 0.3) is 0 Å². The number of hydrogen-bond acceptors (Lipinski definition) is 5. The van der Waals surface area contributed by atoms with Crippen molar-refractivity contribution in [2.45, 2.75) is 0 Å². The summed E-state index contributed by atoms with van der Waals surface area (Å²) in [6.07, 6.45) is 1.27.